The van der Waals surface area contributed by atoms with Crippen LogP contribution in [0, 0.1) is 5.92 Å². The molecule has 31 heavy (non-hydrogen) atoms. The Morgan fingerprint density at radius 2 is 2.03 bits per heavy atom. The summed E-state index contributed by atoms with van der Waals surface area (Å²) in [6.07, 6.45) is 8.78. The fraction of sp³-hybridized carbons (Fsp3) is 0.250. The van der Waals surface area contributed by atoms with Crippen molar-refractivity contribution in [2.75, 3.05) is 5.73 Å². The topological polar surface area (TPSA) is 98.3 Å². The van der Waals surface area contributed by atoms with Crippen LogP contribution in [0.3, 0.4) is 0 Å². The maximum absolute atomic E-state index is 6.31. The van der Waals surface area contributed by atoms with Crippen LogP contribution in [0.1, 0.15) is 35.9 Å². The van der Waals surface area contributed by atoms with Gasteiger partial charge in [-0.25, -0.2) is 19.6 Å². The smallest absolute Gasteiger partial charge is 0.164 e. The minimum atomic E-state index is 0.339. The number of benzene rings is 1. The van der Waals surface area contributed by atoms with Gasteiger partial charge in [-0.2, -0.15) is 5.10 Å². The molecule has 0 saturated heterocycles. The van der Waals surface area contributed by atoms with Crippen LogP contribution in [0.15, 0.2) is 55.1 Å². The number of aryl methyl sites for hydroxylation is 1. The number of aromatic amines is 1. The minimum Gasteiger partial charge on any atom is -0.383 e. The van der Waals surface area contributed by atoms with Crippen molar-refractivity contribution in [1.29, 1.82) is 0 Å². The highest BCUT2D eigenvalue weighted by atomic mass is 15.3. The van der Waals surface area contributed by atoms with E-state index in [0.29, 0.717) is 23.7 Å². The summed E-state index contributed by atoms with van der Waals surface area (Å²) in [5, 5.41) is 6.90. The third kappa shape index (κ3) is 2.46. The van der Waals surface area contributed by atoms with Gasteiger partial charge in [0.15, 0.2) is 5.65 Å². The van der Waals surface area contributed by atoms with Crippen molar-refractivity contribution in [2.24, 2.45) is 5.92 Å². The molecule has 1 saturated carbocycles. The first kappa shape index (κ1) is 17.0. The highest BCUT2D eigenvalue weighted by Gasteiger charge is 2.48. The van der Waals surface area contributed by atoms with Gasteiger partial charge in [-0.3, -0.25) is 0 Å². The molecule has 4 aromatic heterocycles. The molecule has 1 aromatic carbocycles. The van der Waals surface area contributed by atoms with Gasteiger partial charge >= 0.3 is 0 Å². The van der Waals surface area contributed by atoms with E-state index >= 15 is 0 Å². The van der Waals surface area contributed by atoms with Gasteiger partial charge in [-0.05, 0) is 54.4 Å². The molecule has 0 radical (unpaired) electrons. The zero-order valence-electron chi connectivity index (χ0n) is 16.9. The van der Waals surface area contributed by atoms with Gasteiger partial charge in [0.05, 0.1) is 11.4 Å². The maximum atomic E-state index is 6.31. The van der Waals surface area contributed by atoms with E-state index in [4.69, 9.17) is 10.8 Å². The average Bonchev–Trinajstić information content (AvgIpc) is 3.16. The van der Waals surface area contributed by atoms with Gasteiger partial charge < -0.3 is 10.7 Å². The SMILES string of the molecule is Nc1ncnc2c1c(-c1cnc3[nH]ccc3c1)nn2C1CC1C1CCc2ccccc21. The Labute approximate surface area is 178 Å². The van der Waals surface area contributed by atoms with E-state index in [0.717, 1.165) is 39.7 Å². The molecule has 2 aliphatic carbocycles. The van der Waals surface area contributed by atoms with Crippen LogP contribution >= 0.6 is 0 Å². The predicted octanol–water partition coefficient (Wildman–Crippen LogP) is 4.24. The summed E-state index contributed by atoms with van der Waals surface area (Å²) in [6.45, 7) is 0. The van der Waals surface area contributed by atoms with Crippen molar-refractivity contribution in [3.05, 3.63) is 66.2 Å². The summed E-state index contributed by atoms with van der Waals surface area (Å²) in [5.41, 5.74) is 12.7. The maximum Gasteiger partial charge on any atom is 0.164 e. The number of hydrogen-bond donors (Lipinski definition) is 2. The standard InChI is InChI=1S/C24H21N7/c25-22-20-21(15-9-14-7-8-26-23(14)27-11-15)30-31(24(20)29-12-28-22)19-10-18(19)17-6-5-13-3-1-2-4-16(13)17/h1-4,7-9,11-12,17-19H,5-6,10H2,(H,26,27)(H2,25,28,29). The molecule has 7 rings (SSSR count). The molecule has 5 aromatic rings. The molecule has 3 unspecified atom stereocenters. The first-order chi connectivity index (χ1) is 15.3. The number of nitrogen functional groups attached to an aromatic ring is 1. The molecule has 7 nitrogen and oxygen atoms in total. The van der Waals surface area contributed by atoms with Gasteiger partial charge in [0.2, 0.25) is 0 Å². The molecule has 152 valence electrons. The summed E-state index contributed by atoms with van der Waals surface area (Å²) >= 11 is 0. The average molecular weight is 407 g/mol. The molecule has 7 heteroatoms. The van der Waals surface area contributed by atoms with Gasteiger partial charge in [0.1, 0.15) is 23.5 Å². The van der Waals surface area contributed by atoms with E-state index in [9.17, 15) is 0 Å². The second kappa shape index (κ2) is 6.14. The van der Waals surface area contributed by atoms with Crippen molar-refractivity contribution in [3.63, 3.8) is 0 Å². The molecule has 2 aliphatic rings. The van der Waals surface area contributed by atoms with Crippen molar-refractivity contribution in [2.45, 2.75) is 31.2 Å². The number of fused-ring (bicyclic) bond motifs is 3. The Bertz CT molecular complexity index is 1460. The van der Waals surface area contributed by atoms with Crippen LogP contribution in [0.5, 0.6) is 0 Å². The number of hydrogen-bond acceptors (Lipinski definition) is 5. The van der Waals surface area contributed by atoms with Gasteiger partial charge in [0, 0.05) is 23.3 Å². The highest BCUT2D eigenvalue weighted by molar-refractivity contribution is 5.99. The Hall–Kier alpha value is -3.74. The summed E-state index contributed by atoms with van der Waals surface area (Å²) in [6, 6.07) is 13.3. The molecular formula is C24H21N7. The van der Waals surface area contributed by atoms with Crippen LogP contribution in [0.25, 0.3) is 33.3 Å². The van der Waals surface area contributed by atoms with E-state index in [1.165, 1.54) is 30.3 Å². The highest BCUT2D eigenvalue weighted by Crippen LogP contribution is 2.56. The van der Waals surface area contributed by atoms with Crippen LogP contribution in [0.4, 0.5) is 5.82 Å². The number of H-pyrrole nitrogens is 1. The minimum absolute atomic E-state index is 0.339. The zero-order chi connectivity index (χ0) is 20.5. The largest absolute Gasteiger partial charge is 0.383 e. The summed E-state index contributed by atoms with van der Waals surface area (Å²) in [5.74, 6) is 1.64. The molecule has 1 fully saturated rings. The fourth-order valence-corrected chi connectivity index (χ4v) is 5.45. The monoisotopic (exact) mass is 407 g/mol. The third-order valence-corrected chi connectivity index (χ3v) is 7.01. The number of rotatable bonds is 3. The molecule has 0 bridgehead atoms. The lowest BCUT2D eigenvalue weighted by Gasteiger charge is -2.11. The van der Waals surface area contributed by atoms with E-state index in [-0.39, 0.29) is 0 Å². The summed E-state index contributed by atoms with van der Waals surface area (Å²) in [4.78, 5) is 16.5. The Balaban J connectivity index is 1.33. The van der Waals surface area contributed by atoms with E-state index in [1.807, 2.05) is 18.5 Å². The second-order valence-electron chi connectivity index (χ2n) is 8.70. The normalized spacial score (nSPS) is 22.3. The van der Waals surface area contributed by atoms with Crippen molar-refractivity contribution >= 4 is 27.9 Å². The first-order valence-electron chi connectivity index (χ1n) is 10.8. The van der Waals surface area contributed by atoms with Crippen LogP contribution in [-0.4, -0.2) is 29.7 Å². The van der Waals surface area contributed by atoms with E-state index < -0.39 is 0 Å². The van der Waals surface area contributed by atoms with Crippen LogP contribution in [-0.2, 0) is 6.42 Å². The van der Waals surface area contributed by atoms with Gasteiger partial charge in [0.25, 0.3) is 0 Å². The Kier molecular flexibility index (Phi) is 3.36. The Morgan fingerprint density at radius 1 is 1.10 bits per heavy atom. The molecule has 4 heterocycles. The number of nitrogens with two attached hydrogens (primary N) is 1. The molecule has 3 N–H and O–H groups in total. The van der Waals surface area contributed by atoms with Crippen molar-refractivity contribution in [1.82, 2.24) is 29.7 Å². The quantitative estimate of drug-likeness (QED) is 0.466. The van der Waals surface area contributed by atoms with Crippen LogP contribution in [0.2, 0.25) is 0 Å². The first-order valence-corrected chi connectivity index (χ1v) is 10.8. The van der Waals surface area contributed by atoms with Crippen molar-refractivity contribution < 1.29 is 0 Å². The van der Waals surface area contributed by atoms with Crippen LogP contribution < -0.4 is 5.73 Å². The molecular weight excluding hydrogens is 386 g/mol. The summed E-state index contributed by atoms with van der Waals surface area (Å²) in [7, 11) is 0. The summed E-state index contributed by atoms with van der Waals surface area (Å²) < 4.78 is 2.09. The molecule has 0 amide bonds. The lowest BCUT2D eigenvalue weighted by molar-refractivity contribution is 0.522. The van der Waals surface area contributed by atoms with Crippen molar-refractivity contribution in [3.8, 4) is 11.3 Å². The molecule has 0 spiro atoms. The van der Waals surface area contributed by atoms with Gasteiger partial charge in [-0.1, -0.05) is 24.3 Å². The van der Waals surface area contributed by atoms with E-state index in [1.54, 1.807) is 0 Å². The third-order valence-electron chi connectivity index (χ3n) is 7.01. The number of aromatic nitrogens is 6. The molecule has 0 aliphatic heterocycles. The zero-order valence-corrected chi connectivity index (χ0v) is 16.9. The fourth-order valence-electron chi connectivity index (χ4n) is 5.45. The Morgan fingerprint density at radius 3 is 3.00 bits per heavy atom. The van der Waals surface area contributed by atoms with Gasteiger partial charge in [-0.15, -0.1) is 0 Å². The second-order valence-corrected chi connectivity index (χ2v) is 8.70. The number of nitrogens with one attached hydrogen (secondary N) is 1. The van der Waals surface area contributed by atoms with E-state index in [2.05, 4.69) is 54.9 Å². The lowest BCUT2D eigenvalue weighted by Crippen LogP contribution is -2.05. The molecule has 3 atom stereocenters. The predicted molar refractivity (Wildman–Crippen MR) is 119 cm³/mol. The number of nitrogens with zero attached hydrogens (tertiary/aromatic N) is 5. The number of pyridine rings is 1. The lowest BCUT2D eigenvalue weighted by atomic mass is 9.96. The number of anilines is 1.